The third-order valence-electron chi connectivity index (χ3n) is 4.47. The van der Waals surface area contributed by atoms with E-state index in [0.29, 0.717) is 11.9 Å². The summed E-state index contributed by atoms with van der Waals surface area (Å²) < 4.78 is 1.41. The molecule has 0 atom stereocenters. The molecule has 25 heavy (non-hydrogen) atoms. The molecule has 0 unspecified atom stereocenters. The molecule has 0 radical (unpaired) electrons. The topological polar surface area (TPSA) is 76.9 Å². The molecule has 0 fully saturated rings. The molecule has 0 aliphatic heterocycles. The Kier molecular flexibility index (Phi) is 4.31. The number of carbonyl (C=O) groups is 1. The number of amides is 1. The number of hydrogen-bond acceptors (Lipinski definition) is 5. The van der Waals surface area contributed by atoms with Gasteiger partial charge in [0.05, 0.1) is 11.7 Å². The first-order chi connectivity index (χ1) is 12.2. The highest BCUT2D eigenvalue weighted by Gasteiger charge is 2.20. The Morgan fingerprint density at radius 2 is 2.20 bits per heavy atom. The third kappa shape index (κ3) is 3.19. The number of thiophene rings is 1. The van der Waals surface area contributed by atoms with Gasteiger partial charge in [0.25, 0.3) is 5.56 Å². The second-order valence-corrected chi connectivity index (χ2v) is 7.29. The Labute approximate surface area is 148 Å². The van der Waals surface area contributed by atoms with Gasteiger partial charge < -0.3 is 5.32 Å². The van der Waals surface area contributed by atoms with Crippen LogP contribution in [-0.4, -0.2) is 20.4 Å². The summed E-state index contributed by atoms with van der Waals surface area (Å²) in [5, 5.41) is 3.53. The molecule has 1 N–H and O–H groups in total. The van der Waals surface area contributed by atoms with Gasteiger partial charge >= 0.3 is 0 Å². The van der Waals surface area contributed by atoms with Crippen molar-refractivity contribution in [3.05, 3.63) is 57.2 Å². The molecule has 3 aromatic heterocycles. The minimum absolute atomic E-state index is 0.0212. The molecule has 6 nitrogen and oxygen atoms in total. The van der Waals surface area contributed by atoms with Gasteiger partial charge in [0.15, 0.2) is 0 Å². The van der Waals surface area contributed by atoms with Crippen LogP contribution >= 0.6 is 11.3 Å². The van der Waals surface area contributed by atoms with E-state index >= 15 is 0 Å². The van der Waals surface area contributed by atoms with E-state index in [0.717, 1.165) is 35.2 Å². The second kappa shape index (κ2) is 6.76. The fraction of sp³-hybridized carbons (Fsp3) is 0.333. The highest BCUT2D eigenvalue weighted by molar-refractivity contribution is 7.18. The molecule has 7 heteroatoms. The highest BCUT2D eigenvalue weighted by Crippen LogP contribution is 2.33. The van der Waals surface area contributed by atoms with Crippen molar-refractivity contribution in [3.8, 4) is 0 Å². The van der Waals surface area contributed by atoms with E-state index in [4.69, 9.17) is 0 Å². The predicted octanol–water partition coefficient (Wildman–Crippen LogP) is 2.05. The van der Waals surface area contributed by atoms with Crippen LogP contribution in [0.2, 0.25) is 0 Å². The van der Waals surface area contributed by atoms with Crippen molar-refractivity contribution in [2.75, 3.05) is 0 Å². The zero-order chi connectivity index (χ0) is 17.2. The quantitative estimate of drug-likeness (QED) is 0.778. The summed E-state index contributed by atoms with van der Waals surface area (Å²) in [6.45, 7) is 0.373. The number of hydrogen-bond donors (Lipinski definition) is 1. The van der Waals surface area contributed by atoms with Gasteiger partial charge in [-0.25, -0.2) is 4.98 Å². The van der Waals surface area contributed by atoms with Crippen molar-refractivity contribution < 1.29 is 4.79 Å². The molecule has 0 aromatic carbocycles. The number of nitrogens with zero attached hydrogens (tertiary/aromatic N) is 3. The van der Waals surface area contributed by atoms with Crippen LogP contribution in [-0.2, 0) is 30.7 Å². The number of fused-ring (bicyclic) bond motifs is 3. The van der Waals surface area contributed by atoms with Gasteiger partial charge in [-0.15, -0.1) is 11.3 Å². The standard InChI is InChI=1S/C18H18N4O2S/c23-15(20-9-12-4-3-7-19-8-12)10-22-11-21-17-16(18(22)24)13-5-1-2-6-14(13)25-17/h3-4,7-8,11H,1-2,5-6,9-10H2,(H,20,23). The minimum atomic E-state index is -0.212. The van der Waals surface area contributed by atoms with Crippen molar-refractivity contribution in [1.82, 2.24) is 19.9 Å². The predicted molar refractivity (Wildman–Crippen MR) is 96.6 cm³/mol. The van der Waals surface area contributed by atoms with Gasteiger partial charge in [-0.3, -0.25) is 19.1 Å². The maximum atomic E-state index is 12.8. The highest BCUT2D eigenvalue weighted by atomic mass is 32.1. The monoisotopic (exact) mass is 354 g/mol. The Morgan fingerprint density at radius 3 is 3.04 bits per heavy atom. The molecule has 128 valence electrons. The number of aryl methyl sites for hydroxylation is 2. The summed E-state index contributed by atoms with van der Waals surface area (Å²) in [6.07, 6.45) is 9.12. The van der Waals surface area contributed by atoms with Crippen LogP contribution < -0.4 is 10.9 Å². The van der Waals surface area contributed by atoms with Crippen molar-refractivity contribution in [3.63, 3.8) is 0 Å². The molecule has 1 amide bonds. The van der Waals surface area contributed by atoms with E-state index < -0.39 is 0 Å². The number of aromatic nitrogens is 3. The van der Waals surface area contributed by atoms with E-state index in [1.54, 1.807) is 23.7 Å². The fourth-order valence-corrected chi connectivity index (χ4v) is 4.43. The molecule has 1 aliphatic carbocycles. The average Bonchev–Trinajstić information content (AvgIpc) is 3.02. The summed E-state index contributed by atoms with van der Waals surface area (Å²) in [6, 6.07) is 3.72. The summed E-state index contributed by atoms with van der Waals surface area (Å²) in [7, 11) is 0. The minimum Gasteiger partial charge on any atom is -0.350 e. The molecule has 3 aromatic rings. The Balaban J connectivity index is 1.54. The summed E-state index contributed by atoms with van der Waals surface area (Å²) >= 11 is 1.62. The Morgan fingerprint density at radius 1 is 1.32 bits per heavy atom. The first kappa shape index (κ1) is 16.0. The first-order valence-corrected chi connectivity index (χ1v) is 9.19. The summed E-state index contributed by atoms with van der Waals surface area (Å²) in [5.41, 5.74) is 1.96. The number of rotatable bonds is 4. The largest absolute Gasteiger partial charge is 0.350 e. The smallest absolute Gasteiger partial charge is 0.262 e. The summed E-state index contributed by atoms with van der Waals surface area (Å²) in [5.74, 6) is -0.212. The molecule has 4 rings (SSSR count). The average molecular weight is 354 g/mol. The third-order valence-corrected chi connectivity index (χ3v) is 5.67. The van der Waals surface area contributed by atoms with Crippen LogP contribution in [0.15, 0.2) is 35.6 Å². The molecule has 1 aliphatic rings. The molecule has 0 spiro atoms. The number of carbonyl (C=O) groups excluding carboxylic acids is 1. The van der Waals surface area contributed by atoms with Crippen LogP contribution in [0, 0.1) is 0 Å². The van der Waals surface area contributed by atoms with Crippen molar-refractivity contribution in [2.45, 2.75) is 38.8 Å². The number of nitrogens with one attached hydrogen (secondary N) is 1. The lowest BCUT2D eigenvalue weighted by Gasteiger charge is -2.10. The summed E-state index contributed by atoms with van der Waals surface area (Å²) in [4.78, 5) is 35.5. The Bertz CT molecular complexity index is 978. The molecule has 3 heterocycles. The lowest BCUT2D eigenvalue weighted by atomic mass is 9.97. The molecular formula is C18H18N4O2S. The zero-order valence-corrected chi connectivity index (χ0v) is 14.5. The second-order valence-electron chi connectivity index (χ2n) is 6.21. The first-order valence-electron chi connectivity index (χ1n) is 8.37. The van der Waals surface area contributed by atoms with E-state index in [-0.39, 0.29) is 18.0 Å². The number of pyridine rings is 1. The molecule has 0 saturated carbocycles. The van der Waals surface area contributed by atoms with Crippen LogP contribution in [0.3, 0.4) is 0 Å². The van der Waals surface area contributed by atoms with Crippen LogP contribution in [0.5, 0.6) is 0 Å². The van der Waals surface area contributed by atoms with Crippen LogP contribution in [0.25, 0.3) is 10.2 Å². The van der Waals surface area contributed by atoms with Crippen LogP contribution in [0.4, 0.5) is 0 Å². The van der Waals surface area contributed by atoms with E-state index in [2.05, 4.69) is 15.3 Å². The maximum Gasteiger partial charge on any atom is 0.262 e. The van der Waals surface area contributed by atoms with Crippen molar-refractivity contribution in [1.29, 1.82) is 0 Å². The van der Waals surface area contributed by atoms with E-state index in [1.165, 1.54) is 22.2 Å². The SMILES string of the molecule is O=C(Cn1cnc2sc3c(c2c1=O)CCCC3)NCc1cccnc1. The van der Waals surface area contributed by atoms with Gasteiger partial charge in [-0.1, -0.05) is 6.07 Å². The lowest BCUT2D eigenvalue weighted by Crippen LogP contribution is -2.32. The lowest BCUT2D eigenvalue weighted by molar-refractivity contribution is -0.121. The van der Waals surface area contributed by atoms with Crippen molar-refractivity contribution >= 4 is 27.5 Å². The molecule has 0 bridgehead atoms. The van der Waals surface area contributed by atoms with Crippen molar-refractivity contribution in [2.24, 2.45) is 0 Å². The molecule has 0 saturated heterocycles. The maximum absolute atomic E-state index is 12.8. The van der Waals surface area contributed by atoms with Gasteiger partial charge in [0.2, 0.25) is 5.91 Å². The fourth-order valence-electron chi connectivity index (χ4n) is 3.21. The molecular weight excluding hydrogens is 336 g/mol. The normalized spacial score (nSPS) is 13.6. The van der Waals surface area contributed by atoms with Gasteiger partial charge in [-0.05, 0) is 42.9 Å². The van der Waals surface area contributed by atoms with Gasteiger partial charge in [0, 0.05) is 23.8 Å². The van der Waals surface area contributed by atoms with Gasteiger partial charge in [0.1, 0.15) is 11.4 Å². The van der Waals surface area contributed by atoms with Crippen LogP contribution in [0.1, 0.15) is 28.8 Å². The zero-order valence-electron chi connectivity index (χ0n) is 13.7. The van der Waals surface area contributed by atoms with Gasteiger partial charge in [-0.2, -0.15) is 0 Å². The van der Waals surface area contributed by atoms with E-state index in [9.17, 15) is 9.59 Å². The Hall–Kier alpha value is -2.54. The van der Waals surface area contributed by atoms with E-state index in [1.807, 2.05) is 12.1 Å².